The van der Waals surface area contributed by atoms with Crippen molar-refractivity contribution in [2.75, 3.05) is 13.2 Å². The number of hydrogen-bond donors (Lipinski definition) is 1. The molecule has 1 atom stereocenters. The molecule has 31 heavy (non-hydrogen) atoms. The molecule has 7 nitrogen and oxygen atoms in total. The number of rotatable bonds is 6. The first-order valence-corrected chi connectivity index (χ1v) is 11.2. The van der Waals surface area contributed by atoms with Gasteiger partial charge in [-0.2, -0.15) is 0 Å². The summed E-state index contributed by atoms with van der Waals surface area (Å²) in [5, 5.41) is 3.88. The van der Waals surface area contributed by atoms with Crippen molar-refractivity contribution in [2.45, 2.75) is 45.8 Å². The fourth-order valence-electron chi connectivity index (χ4n) is 3.38. The molecule has 8 heteroatoms. The first-order valence-electron chi connectivity index (χ1n) is 10.4. The number of aryl methyl sites for hydroxylation is 2. The lowest BCUT2D eigenvalue weighted by atomic mass is 10.1. The van der Waals surface area contributed by atoms with Gasteiger partial charge in [-0.05, 0) is 39.0 Å². The first-order chi connectivity index (χ1) is 15.0. The Morgan fingerprint density at radius 3 is 2.61 bits per heavy atom. The summed E-state index contributed by atoms with van der Waals surface area (Å²) in [5.41, 5.74) is 2.95. The van der Waals surface area contributed by atoms with Gasteiger partial charge >= 0.3 is 0 Å². The number of nitrogens with zero attached hydrogens (tertiary/aromatic N) is 3. The monoisotopic (exact) mass is 438 g/mol. The van der Waals surface area contributed by atoms with Gasteiger partial charge in [0.05, 0.1) is 36.8 Å². The summed E-state index contributed by atoms with van der Waals surface area (Å²) in [4.78, 5) is 27.3. The van der Waals surface area contributed by atoms with Crippen molar-refractivity contribution in [2.24, 2.45) is 0 Å². The van der Waals surface area contributed by atoms with E-state index in [1.807, 2.05) is 39.1 Å². The molecule has 1 saturated heterocycles. The van der Waals surface area contributed by atoms with Crippen LogP contribution in [0, 0.1) is 13.8 Å². The van der Waals surface area contributed by atoms with Gasteiger partial charge in [0.25, 0.3) is 5.91 Å². The summed E-state index contributed by atoms with van der Waals surface area (Å²) in [5.74, 6) is 0.479. The smallest absolute Gasteiger partial charge is 0.251 e. The molecule has 3 aromatic rings. The van der Waals surface area contributed by atoms with E-state index in [9.17, 15) is 4.79 Å². The van der Waals surface area contributed by atoms with Crippen LogP contribution in [-0.2, 0) is 4.74 Å². The van der Waals surface area contributed by atoms with E-state index in [4.69, 9.17) is 9.47 Å². The van der Waals surface area contributed by atoms with Gasteiger partial charge in [0, 0.05) is 41.2 Å². The molecule has 1 aliphatic rings. The van der Waals surface area contributed by atoms with Crippen LogP contribution in [0.25, 0.3) is 10.6 Å². The van der Waals surface area contributed by atoms with Gasteiger partial charge in [-0.25, -0.2) is 4.98 Å². The van der Waals surface area contributed by atoms with Crippen molar-refractivity contribution in [3.8, 4) is 16.3 Å². The fraction of sp³-hybridized carbons (Fsp3) is 0.391. The van der Waals surface area contributed by atoms with E-state index in [1.54, 1.807) is 29.8 Å². The van der Waals surface area contributed by atoms with E-state index in [1.165, 1.54) is 0 Å². The number of thiazole rings is 1. The number of ether oxygens (including phenoxy) is 2. The second-order valence-corrected chi connectivity index (χ2v) is 8.96. The second kappa shape index (κ2) is 9.53. The van der Waals surface area contributed by atoms with Gasteiger partial charge in [0.15, 0.2) is 0 Å². The third-order valence-corrected chi connectivity index (χ3v) is 6.06. The normalized spacial score (nSPS) is 15.5. The average molecular weight is 439 g/mol. The Morgan fingerprint density at radius 2 is 1.94 bits per heavy atom. The highest BCUT2D eigenvalue weighted by atomic mass is 32.1. The van der Waals surface area contributed by atoms with E-state index < -0.39 is 0 Å². The number of nitrogens with one attached hydrogen (secondary N) is 1. The van der Waals surface area contributed by atoms with Crippen LogP contribution in [-0.4, -0.2) is 40.2 Å². The highest BCUT2D eigenvalue weighted by Crippen LogP contribution is 2.31. The molecule has 4 rings (SSSR count). The SMILES string of the molecule is Cc1cnc(C(C)NC(=O)c2cc(OC3CCOCC3)cc(-c3ncc(C)s3)c2)cn1. The van der Waals surface area contributed by atoms with Crippen molar-refractivity contribution in [3.05, 3.63) is 58.6 Å². The quantitative estimate of drug-likeness (QED) is 0.619. The molecule has 1 amide bonds. The Kier molecular flexibility index (Phi) is 6.58. The minimum absolute atomic E-state index is 0.0831. The predicted octanol–water partition coefficient (Wildman–Crippen LogP) is 4.27. The van der Waals surface area contributed by atoms with Crippen molar-refractivity contribution < 1.29 is 14.3 Å². The number of benzene rings is 1. The van der Waals surface area contributed by atoms with Gasteiger partial charge in [0.1, 0.15) is 16.9 Å². The largest absolute Gasteiger partial charge is 0.490 e. The molecule has 162 valence electrons. The number of carbonyl (C=O) groups excluding carboxylic acids is 1. The minimum Gasteiger partial charge on any atom is -0.490 e. The Balaban J connectivity index is 1.59. The molecule has 1 fully saturated rings. The molecule has 3 heterocycles. The lowest BCUT2D eigenvalue weighted by molar-refractivity contribution is 0.0255. The van der Waals surface area contributed by atoms with Gasteiger partial charge in [-0.15, -0.1) is 11.3 Å². The highest BCUT2D eigenvalue weighted by molar-refractivity contribution is 7.14. The van der Waals surface area contributed by atoms with E-state index in [0.29, 0.717) is 30.2 Å². The highest BCUT2D eigenvalue weighted by Gasteiger charge is 2.19. The molecule has 2 aromatic heterocycles. The number of hydrogen-bond acceptors (Lipinski definition) is 7. The lowest BCUT2D eigenvalue weighted by Crippen LogP contribution is -2.28. The summed E-state index contributed by atoms with van der Waals surface area (Å²) in [6, 6.07) is 5.34. The van der Waals surface area contributed by atoms with Gasteiger partial charge in [-0.1, -0.05) is 0 Å². The standard InChI is InChI=1S/C23H26N4O3S/c1-14-11-25-21(13-24-14)16(3)27-22(28)17-8-18(23-26-12-15(2)31-23)10-20(9-17)30-19-4-6-29-7-5-19/h8-13,16,19H,4-7H2,1-3H3,(H,27,28). The summed E-state index contributed by atoms with van der Waals surface area (Å²) in [6.07, 6.45) is 6.98. The topological polar surface area (TPSA) is 86.2 Å². The Labute approximate surface area is 185 Å². The number of carbonyl (C=O) groups is 1. The molecular weight excluding hydrogens is 412 g/mol. The Morgan fingerprint density at radius 1 is 1.13 bits per heavy atom. The zero-order chi connectivity index (χ0) is 21.8. The molecule has 1 aliphatic heterocycles. The maximum absolute atomic E-state index is 13.1. The zero-order valence-corrected chi connectivity index (χ0v) is 18.7. The molecule has 1 N–H and O–H groups in total. The number of amides is 1. The van der Waals surface area contributed by atoms with Crippen LogP contribution in [0.2, 0.25) is 0 Å². The Hall–Kier alpha value is -2.84. The van der Waals surface area contributed by atoms with Crippen LogP contribution in [0.15, 0.2) is 36.8 Å². The van der Waals surface area contributed by atoms with E-state index in [-0.39, 0.29) is 18.1 Å². The van der Waals surface area contributed by atoms with Crippen LogP contribution in [0.5, 0.6) is 5.75 Å². The van der Waals surface area contributed by atoms with E-state index in [0.717, 1.165) is 34.0 Å². The average Bonchev–Trinajstić information content (AvgIpc) is 3.21. The first kappa shape index (κ1) is 21.4. The molecule has 0 saturated carbocycles. The van der Waals surface area contributed by atoms with Crippen LogP contribution in [0.4, 0.5) is 0 Å². The fourth-order valence-corrected chi connectivity index (χ4v) is 4.13. The third kappa shape index (κ3) is 5.45. The zero-order valence-electron chi connectivity index (χ0n) is 17.9. The summed E-state index contributed by atoms with van der Waals surface area (Å²) >= 11 is 1.59. The third-order valence-electron chi connectivity index (χ3n) is 5.10. The van der Waals surface area contributed by atoms with E-state index >= 15 is 0 Å². The second-order valence-electron chi connectivity index (χ2n) is 7.73. The predicted molar refractivity (Wildman–Crippen MR) is 119 cm³/mol. The molecule has 1 unspecified atom stereocenters. The maximum Gasteiger partial charge on any atom is 0.251 e. The molecule has 0 spiro atoms. The molecule has 0 bridgehead atoms. The van der Waals surface area contributed by atoms with Crippen molar-refractivity contribution >= 4 is 17.2 Å². The van der Waals surface area contributed by atoms with Gasteiger partial charge < -0.3 is 14.8 Å². The number of aromatic nitrogens is 3. The van der Waals surface area contributed by atoms with Crippen molar-refractivity contribution in [1.82, 2.24) is 20.3 Å². The van der Waals surface area contributed by atoms with Crippen LogP contribution < -0.4 is 10.1 Å². The molecule has 1 aromatic carbocycles. The summed E-state index contributed by atoms with van der Waals surface area (Å²) in [7, 11) is 0. The molecule has 0 aliphatic carbocycles. The maximum atomic E-state index is 13.1. The van der Waals surface area contributed by atoms with Crippen LogP contribution >= 0.6 is 11.3 Å². The van der Waals surface area contributed by atoms with Crippen molar-refractivity contribution in [1.29, 1.82) is 0 Å². The Bertz CT molecular complexity index is 1050. The lowest BCUT2D eigenvalue weighted by Gasteiger charge is -2.24. The van der Waals surface area contributed by atoms with Gasteiger partial charge in [-0.3, -0.25) is 14.8 Å². The summed E-state index contributed by atoms with van der Waals surface area (Å²) < 4.78 is 11.6. The van der Waals surface area contributed by atoms with Gasteiger partial charge in [0.2, 0.25) is 0 Å². The van der Waals surface area contributed by atoms with Crippen molar-refractivity contribution in [3.63, 3.8) is 0 Å². The molecular formula is C23H26N4O3S. The van der Waals surface area contributed by atoms with Crippen LogP contribution in [0.1, 0.15) is 52.4 Å². The minimum atomic E-state index is -0.272. The van der Waals surface area contributed by atoms with E-state index in [2.05, 4.69) is 20.3 Å². The van der Waals surface area contributed by atoms with Crippen LogP contribution in [0.3, 0.4) is 0 Å². The molecule has 0 radical (unpaired) electrons. The summed E-state index contributed by atoms with van der Waals surface area (Å²) in [6.45, 7) is 7.18.